The summed E-state index contributed by atoms with van der Waals surface area (Å²) in [5.74, 6) is -1.07. The van der Waals surface area contributed by atoms with Crippen LogP contribution in [0.3, 0.4) is 0 Å². The van der Waals surface area contributed by atoms with Gasteiger partial charge in [-0.15, -0.1) is 12.4 Å². The van der Waals surface area contributed by atoms with E-state index in [-0.39, 0.29) is 23.7 Å². The lowest BCUT2D eigenvalue weighted by molar-refractivity contribution is 0.0696. The van der Waals surface area contributed by atoms with E-state index in [2.05, 4.69) is 0 Å². The van der Waals surface area contributed by atoms with E-state index in [1.165, 1.54) is 12.1 Å². The van der Waals surface area contributed by atoms with Crippen LogP contribution in [0.15, 0.2) is 48.5 Å². The Morgan fingerprint density at radius 3 is 2.18 bits per heavy atom. The van der Waals surface area contributed by atoms with Crippen LogP contribution in [0.1, 0.15) is 10.4 Å². The zero-order chi connectivity index (χ0) is 11.5. The van der Waals surface area contributed by atoms with Crippen molar-refractivity contribution >= 4 is 18.4 Å². The molecular weight excluding hydrogens is 240 g/mol. The highest BCUT2D eigenvalue weighted by Gasteiger charge is 2.08. The van der Waals surface area contributed by atoms with E-state index in [1.54, 1.807) is 6.07 Å². The SMILES string of the molecule is Cl.O=C(O)c1ccc(-c2ccccc2)c(O)c1. The minimum Gasteiger partial charge on any atom is -0.507 e. The quantitative estimate of drug-likeness (QED) is 0.861. The Bertz CT molecular complexity index is 523. The molecule has 0 aromatic heterocycles. The molecule has 0 atom stereocenters. The molecule has 4 heteroatoms. The van der Waals surface area contributed by atoms with Gasteiger partial charge in [-0.25, -0.2) is 4.79 Å². The average Bonchev–Trinajstić information content (AvgIpc) is 2.30. The Kier molecular flexibility index (Phi) is 4.12. The van der Waals surface area contributed by atoms with E-state index in [0.29, 0.717) is 5.56 Å². The second kappa shape index (κ2) is 5.37. The average molecular weight is 251 g/mol. The van der Waals surface area contributed by atoms with E-state index in [1.807, 2.05) is 30.3 Å². The number of rotatable bonds is 2. The van der Waals surface area contributed by atoms with Crippen LogP contribution in [0.2, 0.25) is 0 Å². The Morgan fingerprint density at radius 2 is 1.65 bits per heavy atom. The molecule has 0 saturated carbocycles. The van der Waals surface area contributed by atoms with Gasteiger partial charge in [0.15, 0.2) is 0 Å². The van der Waals surface area contributed by atoms with Gasteiger partial charge in [-0.05, 0) is 23.8 Å². The van der Waals surface area contributed by atoms with Crippen LogP contribution >= 0.6 is 12.4 Å². The van der Waals surface area contributed by atoms with Crippen molar-refractivity contribution in [2.45, 2.75) is 0 Å². The minimum absolute atomic E-state index is 0. The molecule has 0 aliphatic rings. The normalized spacial score (nSPS) is 9.41. The van der Waals surface area contributed by atoms with Gasteiger partial charge in [0, 0.05) is 5.56 Å². The summed E-state index contributed by atoms with van der Waals surface area (Å²) in [5, 5.41) is 18.5. The van der Waals surface area contributed by atoms with Crippen LogP contribution in [-0.4, -0.2) is 16.2 Å². The van der Waals surface area contributed by atoms with E-state index < -0.39 is 5.97 Å². The first-order valence-electron chi connectivity index (χ1n) is 4.80. The summed E-state index contributed by atoms with van der Waals surface area (Å²) in [6.45, 7) is 0. The van der Waals surface area contributed by atoms with Crippen LogP contribution in [-0.2, 0) is 0 Å². The molecule has 0 spiro atoms. The molecule has 0 bridgehead atoms. The number of carbonyl (C=O) groups is 1. The van der Waals surface area contributed by atoms with Crippen molar-refractivity contribution in [3.05, 3.63) is 54.1 Å². The standard InChI is InChI=1S/C13H10O3.ClH/c14-12-8-10(13(15)16)6-7-11(12)9-4-2-1-3-5-9;/h1-8,14H,(H,15,16);1H. The molecule has 0 unspecified atom stereocenters. The predicted octanol–water partition coefficient (Wildman–Crippen LogP) is 3.18. The number of aromatic hydroxyl groups is 1. The largest absolute Gasteiger partial charge is 0.507 e. The Hall–Kier alpha value is -2.00. The number of hydrogen-bond acceptors (Lipinski definition) is 2. The minimum atomic E-state index is -1.05. The highest BCUT2D eigenvalue weighted by molar-refractivity contribution is 5.89. The fourth-order valence-corrected chi connectivity index (χ4v) is 1.53. The zero-order valence-electron chi connectivity index (χ0n) is 8.83. The monoisotopic (exact) mass is 250 g/mol. The van der Waals surface area contributed by atoms with E-state index in [0.717, 1.165) is 5.56 Å². The van der Waals surface area contributed by atoms with E-state index >= 15 is 0 Å². The number of benzene rings is 2. The number of phenolic OH excluding ortho intramolecular Hbond substituents is 1. The summed E-state index contributed by atoms with van der Waals surface area (Å²) in [4.78, 5) is 10.7. The molecule has 0 aliphatic carbocycles. The first-order chi connectivity index (χ1) is 7.68. The smallest absolute Gasteiger partial charge is 0.335 e. The van der Waals surface area contributed by atoms with Crippen molar-refractivity contribution in [1.29, 1.82) is 0 Å². The Morgan fingerprint density at radius 1 is 1.00 bits per heavy atom. The zero-order valence-corrected chi connectivity index (χ0v) is 9.65. The van der Waals surface area contributed by atoms with Crippen molar-refractivity contribution in [2.24, 2.45) is 0 Å². The third kappa shape index (κ3) is 2.77. The van der Waals surface area contributed by atoms with Gasteiger partial charge < -0.3 is 10.2 Å². The molecular formula is C13H11ClO3. The highest BCUT2D eigenvalue weighted by Crippen LogP contribution is 2.29. The summed E-state index contributed by atoms with van der Waals surface area (Å²) >= 11 is 0. The maximum atomic E-state index is 10.7. The third-order valence-corrected chi connectivity index (χ3v) is 2.33. The number of halogens is 1. The molecule has 0 amide bonds. The molecule has 2 aromatic carbocycles. The van der Waals surface area contributed by atoms with Crippen LogP contribution in [0.4, 0.5) is 0 Å². The molecule has 0 aliphatic heterocycles. The maximum Gasteiger partial charge on any atom is 0.335 e. The summed E-state index contributed by atoms with van der Waals surface area (Å²) < 4.78 is 0. The lowest BCUT2D eigenvalue weighted by Crippen LogP contribution is -1.95. The lowest BCUT2D eigenvalue weighted by atomic mass is 10.0. The molecule has 3 nitrogen and oxygen atoms in total. The number of aromatic carboxylic acids is 1. The number of carboxylic acids is 1. The van der Waals surface area contributed by atoms with Gasteiger partial charge >= 0.3 is 5.97 Å². The molecule has 0 fully saturated rings. The number of carboxylic acid groups (broad SMARTS) is 1. The van der Waals surface area contributed by atoms with Crippen molar-refractivity contribution < 1.29 is 15.0 Å². The van der Waals surface area contributed by atoms with Gasteiger partial charge in [0.25, 0.3) is 0 Å². The molecule has 2 rings (SSSR count). The molecule has 17 heavy (non-hydrogen) atoms. The fourth-order valence-electron chi connectivity index (χ4n) is 1.53. The summed E-state index contributed by atoms with van der Waals surface area (Å²) in [5.41, 5.74) is 1.57. The number of phenols is 1. The third-order valence-electron chi connectivity index (χ3n) is 2.33. The Labute approximate surface area is 105 Å². The van der Waals surface area contributed by atoms with E-state index in [4.69, 9.17) is 5.11 Å². The molecule has 0 heterocycles. The lowest BCUT2D eigenvalue weighted by Gasteiger charge is -2.05. The summed E-state index contributed by atoms with van der Waals surface area (Å²) in [6.07, 6.45) is 0. The molecule has 88 valence electrons. The topological polar surface area (TPSA) is 57.5 Å². The summed E-state index contributed by atoms with van der Waals surface area (Å²) in [6, 6.07) is 13.7. The maximum absolute atomic E-state index is 10.7. The van der Waals surface area contributed by atoms with Gasteiger partial charge in [0.05, 0.1) is 5.56 Å². The Balaban J connectivity index is 0.00000144. The van der Waals surface area contributed by atoms with E-state index in [9.17, 15) is 9.90 Å². The van der Waals surface area contributed by atoms with Crippen molar-refractivity contribution in [3.63, 3.8) is 0 Å². The van der Waals surface area contributed by atoms with Crippen LogP contribution in [0, 0.1) is 0 Å². The molecule has 2 aromatic rings. The van der Waals surface area contributed by atoms with Crippen molar-refractivity contribution in [2.75, 3.05) is 0 Å². The summed E-state index contributed by atoms with van der Waals surface area (Å²) in [7, 11) is 0. The molecule has 0 radical (unpaired) electrons. The second-order valence-corrected chi connectivity index (χ2v) is 3.40. The van der Waals surface area contributed by atoms with Crippen molar-refractivity contribution in [3.8, 4) is 16.9 Å². The first-order valence-corrected chi connectivity index (χ1v) is 4.80. The fraction of sp³-hybridized carbons (Fsp3) is 0. The highest BCUT2D eigenvalue weighted by atomic mass is 35.5. The van der Waals surface area contributed by atoms with Crippen LogP contribution < -0.4 is 0 Å². The van der Waals surface area contributed by atoms with Crippen LogP contribution in [0.25, 0.3) is 11.1 Å². The number of hydrogen-bond donors (Lipinski definition) is 2. The molecule has 2 N–H and O–H groups in total. The second-order valence-electron chi connectivity index (χ2n) is 3.40. The first kappa shape index (κ1) is 13.1. The predicted molar refractivity (Wildman–Crippen MR) is 67.8 cm³/mol. The van der Waals surface area contributed by atoms with Crippen molar-refractivity contribution in [1.82, 2.24) is 0 Å². The van der Waals surface area contributed by atoms with Gasteiger partial charge in [-0.1, -0.05) is 30.3 Å². The molecule has 0 saturated heterocycles. The van der Waals surface area contributed by atoms with Gasteiger partial charge in [-0.2, -0.15) is 0 Å². The van der Waals surface area contributed by atoms with Gasteiger partial charge in [0.2, 0.25) is 0 Å². The van der Waals surface area contributed by atoms with Crippen LogP contribution in [0.5, 0.6) is 5.75 Å². The van der Waals surface area contributed by atoms with Gasteiger partial charge in [-0.3, -0.25) is 0 Å². The van der Waals surface area contributed by atoms with Gasteiger partial charge in [0.1, 0.15) is 5.75 Å².